The van der Waals surface area contributed by atoms with Crippen LogP contribution in [0.1, 0.15) is 25.7 Å². The molecule has 3 N–H and O–H groups in total. The molecule has 1 aromatic carbocycles. The first-order chi connectivity index (χ1) is 9.67. The number of carbonyl (C=O) groups is 1. The van der Waals surface area contributed by atoms with Crippen LogP contribution < -0.4 is 15.8 Å². The molecule has 0 bridgehead atoms. The summed E-state index contributed by atoms with van der Waals surface area (Å²) in [7, 11) is 1.78. The second-order valence-corrected chi connectivity index (χ2v) is 5.13. The number of hydrogen-bond acceptors (Lipinski definition) is 4. The first-order valence-electron chi connectivity index (χ1n) is 6.98. The van der Waals surface area contributed by atoms with Crippen LogP contribution in [0.2, 0.25) is 0 Å². The highest BCUT2D eigenvalue weighted by atomic mass is 16.5. The summed E-state index contributed by atoms with van der Waals surface area (Å²) >= 11 is 0. The van der Waals surface area contributed by atoms with Gasteiger partial charge in [-0.25, -0.2) is 0 Å². The topological polar surface area (TPSA) is 73.6 Å². The predicted molar refractivity (Wildman–Crippen MR) is 77.8 cm³/mol. The summed E-state index contributed by atoms with van der Waals surface area (Å²) < 4.78 is 10.6. The molecule has 2 rings (SSSR count). The molecule has 0 aliphatic heterocycles. The molecule has 0 radical (unpaired) electrons. The Morgan fingerprint density at radius 3 is 2.45 bits per heavy atom. The second-order valence-electron chi connectivity index (χ2n) is 5.13. The lowest BCUT2D eigenvalue weighted by Gasteiger charge is -2.28. The van der Waals surface area contributed by atoms with E-state index in [9.17, 15) is 4.79 Å². The third-order valence-electron chi connectivity index (χ3n) is 3.61. The molecule has 1 fully saturated rings. The minimum Gasteiger partial charge on any atom is -0.484 e. The zero-order chi connectivity index (χ0) is 14.4. The fourth-order valence-electron chi connectivity index (χ4n) is 2.48. The monoisotopic (exact) mass is 278 g/mol. The van der Waals surface area contributed by atoms with Crippen LogP contribution in [0.4, 0.5) is 5.69 Å². The third-order valence-corrected chi connectivity index (χ3v) is 3.61. The van der Waals surface area contributed by atoms with Crippen LogP contribution in [-0.4, -0.2) is 31.8 Å². The predicted octanol–water partition coefficient (Wildman–Crippen LogP) is 1.92. The lowest BCUT2D eigenvalue weighted by molar-refractivity contribution is -0.119. The van der Waals surface area contributed by atoms with E-state index in [0.717, 1.165) is 31.4 Å². The first-order valence-corrected chi connectivity index (χ1v) is 6.98. The molecule has 1 aliphatic rings. The number of rotatable bonds is 6. The summed E-state index contributed by atoms with van der Waals surface area (Å²) in [6.45, 7) is -0.0895. The number of nitrogens with one attached hydrogen (secondary N) is 1. The van der Waals surface area contributed by atoms with Gasteiger partial charge in [0.25, 0.3) is 5.91 Å². The lowest BCUT2D eigenvalue weighted by atomic mass is 9.93. The van der Waals surface area contributed by atoms with Gasteiger partial charge in [0.05, 0.1) is 6.10 Å². The maximum absolute atomic E-state index is 10.6. The Morgan fingerprint density at radius 1 is 1.25 bits per heavy atom. The van der Waals surface area contributed by atoms with Crippen molar-refractivity contribution in [2.24, 2.45) is 5.73 Å². The van der Waals surface area contributed by atoms with E-state index in [1.807, 2.05) is 24.3 Å². The smallest absolute Gasteiger partial charge is 0.255 e. The number of methoxy groups -OCH3 is 1. The van der Waals surface area contributed by atoms with Crippen molar-refractivity contribution in [3.8, 4) is 5.75 Å². The van der Waals surface area contributed by atoms with Gasteiger partial charge in [-0.1, -0.05) is 0 Å². The normalized spacial score (nSPS) is 22.2. The van der Waals surface area contributed by atoms with Crippen LogP contribution in [0.25, 0.3) is 0 Å². The molecule has 1 aromatic rings. The van der Waals surface area contributed by atoms with Crippen molar-refractivity contribution in [3.05, 3.63) is 24.3 Å². The zero-order valence-corrected chi connectivity index (χ0v) is 11.8. The van der Waals surface area contributed by atoms with Gasteiger partial charge in [-0.15, -0.1) is 0 Å². The Hall–Kier alpha value is -1.75. The molecule has 1 amide bonds. The van der Waals surface area contributed by atoms with Gasteiger partial charge in [0.1, 0.15) is 5.75 Å². The maximum Gasteiger partial charge on any atom is 0.255 e. The fraction of sp³-hybridized carbons (Fsp3) is 0.533. The lowest BCUT2D eigenvalue weighted by Crippen LogP contribution is -2.29. The Labute approximate surface area is 119 Å². The molecule has 0 unspecified atom stereocenters. The number of carbonyl (C=O) groups excluding carboxylic acids is 1. The van der Waals surface area contributed by atoms with E-state index in [1.54, 1.807) is 7.11 Å². The Balaban J connectivity index is 1.80. The van der Waals surface area contributed by atoms with E-state index in [1.165, 1.54) is 0 Å². The van der Waals surface area contributed by atoms with Crippen LogP contribution in [0.15, 0.2) is 24.3 Å². The van der Waals surface area contributed by atoms with Crippen molar-refractivity contribution in [1.82, 2.24) is 0 Å². The average Bonchev–Trinajstić information content (AvgIpc) is 2.47. The second kappa shape index (κ2) is 7.14. The third kappa shape index (κ3) is 4.42. The molecule has 0 atom stereocenters. The summed E-state index contributed by atoms with van der Waals surface area (Å²) in [5, 5.41) is 3.51. The largest absolute Gasteiger partial charge is 0.484 e. The van der Waals surface area contributed by atoms with E-state index >= 15 is 0 Å². The van der Waals surface area contributed by atoms with E-state index in [4.69, 9.17) is 15.2 Å². The molecule has 5 nitrogen and oxygen atoms in total. The highest BCUT2D eigenvalue weighted by molar-refractivity contribution is 5.75. The van der Waals surface area contributed by atoms with Crippen molar-refractivity contribution in [2.75, 3.05) is 19.0 Å². The number of nitrogens with two attached hydrogens (primary N) is 1. The van der Waals surface area contributed by atoms with Crippen LogP contribution in [0, 0.1) is 0 Å². The van der Waals surface area contributed by atoms with E-state index < -0.39 is 5.91 Å². The van der Waals surface area contributed by atoms with Gasteiger partial charge in [0.2, 0.25) is 0 Å². The van der Waals surface area contributed by atoms with Gasteiger partial charge < -0.3 is 20.5 Å². The summed E-state index contributed by atoms with van der Waals surface area (Å²) in [6, 6.07) is 8.09. The first kappa shape index (κ1) is 14.7. The highest BCUT2D eigenvalue weighted by Gasteiger charge is 2.20. The molecular formula is C15H22N2O3. The van der Waals surface area contributed by atoms with Crippen molar-refractivity contribution < 1.29 is 14.3 Å². The van der Waals surface area contributed by atoms with Crippen LogP contribution in [0.5, 0.6) is 5.75 Å². The van der Waals surface area contributed by atoms with Gasteiger partial charge in [-0.2, -0.15) is 0 Å². The van der Waals surface area contributed by atoms with Gasteiger partial charge in [0, 0.05) is 18.8 Å². The van der Waals surface area contributed by atoms with Crippen molar-refractivity contribution in [1.29, 1.82) is 0 Å². The summed E-state index contributed by atoms with van der Waals surface area (Å²) in [6.07, 6.45) is 4.87. The molecule has 110 valence electrons. The Bertz CT molecular complexity index is 425. The molecule has 0 heterocycles. The van der Waals surface area contributed by atoms with Crippen molar-refractivity contribution >= 4 is 11.6 Å². The molecule has 1 saturated carbocycles. The molecule has 0 spiro atoms. The molecule has 0 saturated heterocycles. The van der Waals surface area contributed by atoms with Crippen molar-refractivity contribution in [2.45, 2.75) is 37.8 Å². The maximum atomic E-state index is 10.6. The molecule has 20 heavy (non-hydrogen) atoms. The molecule has 0 aromatic heterocycles. The molecule has 5 heteroatoms. The summed E-state index contributed by atoms with van der Waals surface area (Å²) in [5.41, 5.74) is 6.10. The average molecular weight is 278 g/mol. The SMILES string of the molecule is COC1CCC(Nc2ccc(OCC(N)=O)cc2)CC1. The summed E-state index contributed by atoms with van der Waals surface area (Å²) in [5.74, 6) is 0.180. The number of ether oxygens (including phenoxy) is 2. The Morgan fingerprint density at radius 2 is 1.90 bits per heavy atom. The van der Waals surface area contributed by atoms with Gasteiger partial charge in [-0.3, -0.25) is 4.79 Å². The minimum absolute atomic E-state index is 0.0895. The highest BCUT2D eigenvalue weighted by Crippen LogP contribution is 2.24. The van der Waals surface area contributed by atoms with E-state index in [0.29, 0.717) is 17.9 Å². The van der Waals surface area contributed by atoms with Gasteiger partial charge in [0.15, 0.2) is 6.61 Å². The van der Waals surface area contributed by atoms with Crippen LogP contribution in [-0.2, 0) is 9.53 Å². The number of anilines is 1. The number of primary amides is 1. The van der Waals surface area contributed by atoms with E-state index in [2.05, 4.69) is 5.32 Å². The number of benzene rings is 1. The summed E-state index contributed by atoms with van der Waals surface area (Å²) in [4.78, 5) is 10.6. The standard InChI is InChI=1S/C15H22N2O3/c1-19-13-6-2-11(3-7-13)17-12-4-8-14(9-5-12)20-10-15(16)18/h4-5,8-9,11,13,17H,2-3,6-7,10H2,1H3,(H2,16,18). The van der Waals surface area contributed by atoms with Crippen molar-refractivity contribution in [3.63, 3.8) is 0 Å². The zero-order valence-electron chi connectivity index (χ0n) is 11.8. The van der Waals surface area contributed by atoms with Gasteiger partial charge in [-0.05, 0) is 49.9 Å². The van der Waals surface area contributed by atoms with Crippen LogP contribution >= 0.6 is 0 Å². The fourth-order valence-corrected chi connectivity index (χ4v) is 2.48. The quantitative estimate of drug-likeness (QED) is 0.833. The minimum atomic E-state index is -0.470. The van der Waals surface area contributed by atoms with Gasteiger partial charge >= 0.3 is 0 Å². The Kier molecular flexibility index (Phi) is 5.24. The van der Waals surface area contributed by atoms with E-state index in [-0.39, 0.29) is 6.61 Å². The number of hydrogen-bond donors (Lipinski definition) is 2. The number of amides is 1. The molecule has 1 aliphatic carbocycles. The van der Waals surface area contributed by atoms with Crippen LogP contribution in [0.3, 0.4) is 0 Å². The molecular weight excluding hydrogens is 256 g/mol.